The number of carbonyl (C=O) groups excluding carboxylic acids is 6. The first-order valence-corrected chi connectivity index (χ1v) is 14.4. The minimum Gasteiger partial charge on any atom is -0.466 e. The molecule has 1 N–H and O–H groups in total. The minimum absolute atomic E-state index is 0.130. The van der Waals surface area contributed by atoms with Crippen LogP contribution in [0, 0.1) is 0 Å². The van der Waals surface area contributed by atoms with Gasteiger partial charge in [-0.15, -0.1) is 11.8 Å². The van der Waals surface area contributed by atoms with Crippen LogP contribution in [0.25, 0.3) is 0 Å². The zero-order valence-corrected chi connectivity index (χ0v) is 25.8. The summed E-state index contributed by atoms with van der Waals surface area (Å²) in [4.78, 5) is 72.1. The van der Waals surface area contributed by atoms with Crippen LogP contribution in [-0.4, -0.2) is 90.1 Å². The molecule has 0 aromatic carbocycles. The average Bonchev–Trinajstić information content (AvgIpc) is 2.85. The summed E-state index contributed by atoms with van der Waals surface area (Å²) in [6, 6.07) is -1.18. The van der Waals surface area contributed by atoms with E-state index in [0.717, 1.165) is 58.2 Å². The predicted octanol–water partition coefficient (Wildman–Crippen LogP) is 2.21. The van der Waals surface area contributed by atoms with E-state index in [4.69, 9.17) is 28.4 Å². The number of methoxy groups -OCH3 is 1. The lowest BCUT2D eigenvalue weighted by molar-refractivity contribution is -0.224. The SMILES string of the molecule is CCCCCC(C)SC1(C(=O)OC)CC(OC(C)=O)C(NC(C)=O)C([C@H](OC(C)=O)[C@@H](COC(C)=O)OC(C)=O)O1. The molecule has 0 aromatic heterocycles. The first kappa shape index (κ1) is 36.2. The number of ether oxygens (including phenoxy) is 6. The van der Waals surface area contributed by atoms with E-state index >= 15 is 0 Å². The van der Waals surface area contributed by atoms with Gasteiger partial charge in [0.05, 0.1) is 13.2 Å². The molecule has 1 aliphatic heterocycles. The molecule has 0 radical (unpaired) electrons. The van der Waals surface area contributed by atoms with Crippen LogP contribution in [0.2, 0.25) is 0 Å². The number of hydrogen-bond donors (Lipinski definition) is 1. The Morgan fingerprint density at radius 3 is 2.07 bits per heavy atom. The Bertz CT molecular complexity index is 943. The summed E-state index contributed by atoms with van der Waals surface area (Å²) in [5.41, 5.74) is 0. The Morgan fingerprint density at radius 1 is 0.951 bits per heavy atom. The molecule has 1 saturated heterocycles. The molecule has 7 atom stereocenters. The van der Waals surface area contributed by atoms with Gasteiger partial charge >= 0.3 is 29.8 Å². The van der Waals surface area contributed by atoms with Crippen molar-refractivity contribution in [3.8, 4) is 0 Å². The largest absolute Gasteiger partial charge is 0.466 e. The molecule has 1 rings (SSSR count). The molecule has 14 heteroatoms. The summed E-state index contributed by atoms with van der Waals surface area (Å²) < 4.78 is 33.2. The maximum absolute atomic E-state index is 13.4. The second kappa shape index (κ2) is 17.2. The van der Waals surface area contributed by atoms with Gasteiger partial charge < -0.3 is 33.7 Å². The molecule has 1 aliphatic rings. The normalized spacial score (nSPS) is 24.1. The Hall–Kier alpha value is -2.87. The van der Waals surface area contributed by atoms with Crippen LogP contribution >= 0.6 is 11.8 Å². The van der Waals surface area contributed by atoms with Crippen molar-refractivity contribution < 1.29 is 57.2 Å². The van der Waals surface area contributed by atoms with Crippen LogP contribution in [0.3, 0.4) is 0 Å². The summed E-state index contributed by atoms with van der Waals surface area (Å²) >= 11 is 1.15. The molecule has 0 aliphatic carbocycles. The topological polar surface area (TPSA) is 170 Å². The van der Waals surface area contributed by atoms with E-state index in [1.807, 2.05) is 6.92 Å². The van der Waals surface area contributed by atoms with Crippen molar-refractivity contribution in [1.29, 1.82) is 0 Å². The van der Waals surface area contributed by atoms with Gasteiger partial charge in [-0.2, -0.15) is 0 Å². The molecule has 13 nitrogen and oxygen atoms in total. The molecular formula is C27H43NO12S. The number of unbranched alkanes of at least 4 members (excludes halogenated alkanes) is 2. The third-order valence-electron chi connectivity index (χ3n) is 6.10. The Balaban J connectivity index is 3.80. The molecule has 0 saturated carbocycles. The highest BCUT2D eigenvalue weighted by molar-refractivity contribution is 8.01. The first-order chi connectivity index (χ1) is 19.1. The van der Waals surface area contributed by atoms with Crippen LogP contribution in [-0.2, 0) is 57.2 Å². The van der Waals surface area contributed by atoms with E-state index in [9.17, 15) is 28.8 Å². The van der Waals surface area contributed by atoms with Crippen LogP contribution in [0.4, 0.5) is 0 Å². The molecule has 0 spiro atoms. The zero-order valence-electron chi connectivity index (χ0n) is 25.0. The fourth-order valence-corrected chi connectivity index (χ4v) is 6.13. The van der Waals surface area contributed by atoms with E-state index in [-0.39, 0.29) is 11.7 Å². The smallest absolute Gasteiger partial charge is 0.349 e. The van der Waals surface area contributed by atoms with Gasteiger partial charge in [0.1, 0.15) is 18.8 Å². The molecule has 5 unspecified atom stereocenters. The number of hydrogen-bond acceptors (Lipinski definition) is 13. The van der Waals surface area contributed by atoms with Gasteiger partial charge in [0.25, 0.3) is 0 Å². The number of thioether (sulfide) groups is 1. The van der Waals surface area contributed by atoms with Crippen LogP contribution in [0.5, 0.6) is 0 Å². The molecule has 1 heterocycles. The standard InChI is InChI=1S/C27H43NO12S/c1-9-10-11-12-15(2)41-27(26(34)35-8)13-21(37-18(5)31)23(28-16(3)29)25(40-27)24(39-20(7)33)22(38-19(6)32)14-36-17(4)30/h15,21-25H,9-14H2,1-8H3,(H,28,29)/t15?,21?,22-,23?,24-,25?,27?/m1/s1. The van der Waals surface area contributed by atoms with Crippen molar-refractivity contribution in [2.24, 2.45) is 0 Å². The lowest BCUT2D eigenvalue weighted by Gasteiger charge is -2.49. The number of amides is 1. The molecule has 0 bridgehead atoms. The summed E-state index contributed by atoms with van der Waals surface area (Å²) in [5.74, 6) is -4.35. The van der Waals surface area contributed by atoms with Crippen molar-refractivity contribution in [3.05, 3.63) is 0 Å². The van der Waals surface area contributed by atoms with Crippen LogP contribution in [0.1, 0.15) is 80.6 Å². The quantitative estimate of drug-likeness (QED) is 0.164. The van der Waals surface area contributed by atoms with Gasteiger partial charge in [-0.05, 0) is 6.42 Å². The number of esters is 5. The first-order valence-electron chi connectivity index (χ1n) is 13.5. The van der Waals surface area contributed by atoms with Crippen LogP contribution in [0.15, 0.2) is 0 Å². The molecule has 1 fully saturated rings. The summed E-state index contributed by atoms with van der Waals surface area (Å²) in [6.07, 6.45) is -2.15. The second-order valence-electron chi connectivity index (χ2n) is 9.85. The Labute approximate surface area is 245 Å². The van der Waals surface area contributed by atoms with E-state index in [0.29, 0.717) is 0 Å². The molecule has 41 heavy (non-hydrogen) atoms. The number of carbonyl (C=O) groups is 6. The van der Waals surface area contributed by atoms with E-state index in [1.165, 1.54) is 21.0 Å². The monoisotopic (exact) mass is 605 g/mol. The van der Waals surface area contributed by atoms with Crippen LogP contribution < -0.4 is 5.32 Å². The highest BCUT2D eigenvalue weighted by Crippen LogP contribution is 2.45. The molecule has 1 amide bonds. The summed E-state index contributed by atoms with van der Waals surface area (Å²) in [6.45, 7) is 9.17. The van der Waals surface area contributed by atoms with E-state index in [1.54, 1.807) is 0 Å². The third kappa shape index (κ3) is 11.9. The molecule has 0 aromatic rings. The number of rotatable bonds is 15. The average molecular weight is 606 g/mol. The third-order valence-corrected chi connectivity index (χ3v) is 7.55. The Kier molecular flexibility index (Phi) is 15.1. The Morgan fingerprint density at radius 2 is 1.59 bits per heavy atom. The summed E-state index contributed by atoms with van der Waals surface area (Å²) in [7, 11) is 1.18. The van der Waals surface area contributed by atoms with Gasteiger partial charge in [0, 0.05) is 46.3 Å². The molecular weight excluding hydrogens is 562 g/mol. The van der Waals surface area contributed by atoms with Crippen molar-refractivity contribution in [2.75, 3.05) is 13.7 Å². The lowest BCUT2D eigenvalue weighted by Crippen LogP contribution is -2.68. The minimum atomic E-state index is -1.78. The predicted molar refractivity (Wildman–Crippen MR) is 146 cm³/mol. The van der Waals surface area contributed by atoms with Crippen molar-refractivity contribution >= 4 is 47.5 Å². The van der Waals surface area contributed by atoms with E-state index in [2.05, 4.69) is 12.2 Å². The van der Waals surface area contributed by atoms with Gasteiger partial charge in [-0.25, -0.2) is 4.79 Å². The maximum atomic E-state index is 13.4. The fourth-order valence-electron chi connectivity index (χ4n) is 4.59. The van der Waals surface area contributed by atoms with E-state index < -0.39 is 77.8 Å². The number of nitrogens with one attached hydrogen (secondary N) is 1. The highest BCUT2D eigenvalue weighted by Gasteiger charge is 2.59. The van der Waals surface area contributed by atoms with Crippen molar-refractivity contribution in [3.63, 3.8) is 0 Å². The zero-order chi connectivity index (χ0) is 31.3. The fraction of sp³-hybridized carbons (Fsp3) is 0.778. The van der Waals surface area contributed by atoms with Gasteiger partial charge in [0.15, 0.2) is 12.2 Å². The summed E-state index contributed by atoms with van der Waals surface area (Å²) in [5, 5.41) is 2.53. The second-order valence-corrected chi connectivity index (χ2v) is 11.6. The van der Waals surface area contributed by atoms with Crippen molar-refractivity contribution in [1.82, 2.24) is 5.32 Å². The van der Waals surface area contributed by atoms with Gasteiger partial charge in [-0.1, -0.05) is 33.1 Å². The van der Waals surface area contributed by atoms with Gasteiger partial charge in [0.2, 0.25) is 10.8 Å². The lowest BCUT2D eigenvalue weighted by atomic mass is 9.89. The maximum Gasteiger partial charge on any atom is 0.349 e. The van der Waals surface area contributed by atoms with Crippen molar-refractivity contribution in [2.45, 2.75) is 121 Å². The highest BCUT2D eigenvalue weighted by atomic mass is 32.2. The van der Waals surface area contributed by atoms with Gasteiger partial charge in [-0.3, -0.25) is 24.0 Å². The molecule has 234 valence electrons.